The van der Waals surface area contributed by atoms with Crippen LogP contribution in [0.5, 0.6) is 0 Å². The number of epoxide rings is 1. The summed E-state index contributed by atoms with van der Waals surface area (Å²) in [6, 6.07) is 0. The van der Waals surface area contributed by atoms with Gasteiger partial charge in [0.1, 0.15) is 6.10 Å². The third-order valence-electron chi connectivity index (χ3n) is 2.45. The normalized spacial score (nSPS) is 33.8. The van der Waals surface area contributed by atoms with Gasteiger partial charge in [-0.1, -0.05) is 33.1 Å². The predicted molar refractivity (Wildman–Crippen MR) is 47.8 cm³/mol. The maximum Gasteiger partial charge on any atom is 0.236 e. The Morgan fingerprint density at radius 1 is 1.25 bits per heavy atom. The Morgan fingerprint density at radius 2 is 1.92 bits per heavy atom. The van der Waals surface area contributed by atoms with Crippen molar-refractivity contribution in [1.82, 2.24) is 0 Å². The van der Waals surface area contributed by atoms with E-state index >= 15 is 0 Å². The predicted octanol–water partition coefficient (Wildman–Crippen LogP) is 3.43. The highest BCUT2D eigenvalue weighted by Crippen LogP contribution is 2.44. The minimum atomic E-state index is -1.23. The minimum absolute atomic E-state index is 0.0796. The summed E-state index contributed by atoms with van der Waals surface area (Å²) in [6.07, 6.45) is 5.62. The Bertz CT molecular complexity index is 138. The quantitative estimate of drug-likeness (QED) is 0.562. The molecule has 0 N–H and O–H groups in total. The molecule has 0 amide bonds. The first-order valence-corrected chi connectivity index (χ1v) is 5.09. The van der Waals surface area contributed by atoms with E-state index in [0.29, 0.717) is 6.42 Å². The molecule has 2 heteroatoms. The first kappa shape index (κ1) is 9.97. The second kappa shape index (κ2) is 4.22. The minimum Gasteiger partial charge on any atom is -0.334 e. The molecule has 1 aliphatic rings. The second-order valence-electron chi connectivity index (χ2n) is 3.64. The largest absolute Gasteiger partial charge is 0.334 e. The van der Waals surface area contributed by atoms with Crippen LogP contribution >= 0.6 is 0 Å². The number of alkyl halides is 1. The van der Waals surface area contributed by atoms with Crippen LogP contribution in [0.1, 0.15) is 52.4 Å². The van der Waals surface area contributed by atoms with Crippen molar-refractivity contribution in [1.29, 1.82) is 0 Å². The lowest BCUT2D eigenvalue weighted by Crippen LogP contribution is -2.07. The van der Waals surface area contributed by atoms with Crippen LogP contribution in [0, 0.1) is 0 Å². The van der Waals surface area contributed by atoms with Crippen LogP contribution in [0.2, 0.25) is 0 Å². The van der Waals surface area contributed by atoms with Crippen LogP contribution in [-0.2, 0) is 4.74 Å². The van der Waals surface area contributed by atoms with Crippen molar-refractivity contribution < 1.29 is 9.13 Å². The zero-order valence-corrected chi connectivity index (χ0v) is 8.11. The van der Waals surface area contributed by atoms with Gasteiger partial charge in [0.25, 0.3) is 0 Å². The smallest absolute Gasteiger partial charge is 0.236 e. The van der Waals surface area contributed by atoms with Crippen molar-refractivity contribution in [3.05, 3.63) is 0 Å². The molecule has 0 aromatic rings. The van der Waals surface area contributed by atoms with E-state index in [-0.39, 0.29) is 6.10 Å². The molecule has 1 saturated heterocycles. The van der Waals surface area contributed by atoms with E-state index in [1.165, 1.54) is 0 Å². The molecule has 72 valence electrons. The third kappa shape index (κ3) is 2.44. The average Bonchev–Trinajstić information content (AvgIpc) is 2.71. The molecular weight excluding hydrogens is 155 g/mol. The van der Waals surface area contributed by atoms with E-state index in [4.69, 9.17) is 4.74 Å². The van der Waals surface area contributed by atoms with Gasteiger partial charge in [0.2, 0.25) is 5.85 Å². The molecule has 2 atom stereocenters. The fourth-order valence-corrected chi connectivity index (χ4v) is 1.50. The maximum absolute atomic E-state index is 13.5. The van der Waals surface area contributed by atoms with Gasteiger partial charge in [-0.3, -0.25) is 0 Å². The lowest BCUT2D eigenvalue weighted by molar-refractivity contribution is 0.127. The van der Waals surface area contributed by atoms with Crippen LogP contribution in [0.25, 0.3) is 0 Å². The molecule has 0 bridgehead atoms. The van der Waals surface area contributed by atoms with E-state index in [9.17, 15) is 4.39 Å². The summed E-state index contributed by atoms with van der Waals surface area (Å²) in [5.74, 6) is -1.23. The zero-order chi connectivity index (χ0) is 9.03. The second-order valence-corrected chi connectivity index (χ2v) is 3.64. The summed E-state index contributed by atoms with van der Waals surface area (Å²) < 4.78 is 18.5. The first-order chi connectivity index (χ1) is 5.73. The highest BCUT2D eigenvalue weighted by molar-refractivity contribution is 4.92. The Hall–Kier alpha value is -0.110. The summed E-state index contributed by atoms with van der Waals surface area (Å²) in [5.41, 5.74) is 0. The summed E-state index contributed by atoms with van der Waals surface area (Å²) in [5, 5.41) is 0. The van der Waals surface area contributed by atoms with E-state index < -0.39 is 5.85 Å². The van der Waals surface area contributed by atoms with Gasteiger partial charge in [-0.25, -0.2) is 4.39 Å². The lowest BCUT2D eigenvalue weighted by Gasteiger charge is -2.00. The van der Waals surface area contributed by atoms with E-state index in [0.717, 1.165) is 32.1 Å². The Balaban J connectivity index is 2.10. The molecule has 0 aromatic heterocycles. The molecule has 1 heterocycles. The van der Waals surface area contributed by atoms with Crippen LogP contribution in [-0.4, -0.2) is 12.0 Å². The number of hydrogen-bond acceptors (Lipinski definition) is 1. The number of hydrogen-bond donors (Lipinski definition) is 0. The molecule has 1 nitrogen and oxygen atoms in total. The Labute approximate surface area is 74.3 Å². The number of rotatable bonds is 6. The zero-order valence-electron chi connectivity index (χ0n) is 8.11. The fraction of sp³-hybridized carbons (Fsp3) is 1.00. The number of halogens is 1. The molecule has 0 unspecified atom stereocenters. The SMILES string of the molecule is CCCC[C@H]1O[C@]1(F)CCCC. The molecule has 1 aliphatic heterocycles. The van der Waals surface area contributed by atoms with E-state index in [1.54, 1.807) is 0 Å². The van der Waals surface area contributed by atoms with Crippen molar-refractivity contribution in [2.24, 2.45) is 0 Å². The van der Waals surface area contributed by atoms with Crippen LogP contribution in [0.3, 0.4) is 0 Å². The van der Waals surface area contributed by atoms with Gasteiger partial charge in [-0.2, -0.15) is 0 Å². The summed E-state index contributed by atoms with van der Waals surface area (Å²) in [4.78, 5) is 0. The fourth-order valence-electron chi connectivity index (χ4n) is 1.50. The van der Waals surface area contributed by atoms with Crippen LogP contribution in [0.15, 0.2) is 0 Å². The highest BCUT2D eigenvalue weighted by Gasteiger charge is 2.56. The van der Waals surface area contributed by atoms with Crippen molar-refractivity contribution in [3.8, 4) is 0 Å². The van der Waals surface area contributed by atoms with Crippen molar-refractivity contribution >= 4 is 0 Å². The van der Waals surface area contributed by atoms with Crippen molar-refractivity contribution in [2.75, 3.05) is 0 Å². The van der Waals surface area contributed by atoms with Gasteiger partial charge >= 0.3 is 0 Å². The van der Waals surface area contributed by atoms with Crippen LogP contribution in [0.4, 0.5) is 4.39 Å². The molecule has 0 radical (unpaired) electrons. The number of ether oxygens (including phenoxy) is 1. The maximum atomic E-state index is 13.5. The van der Waals surface area contributed by atoms with Crippen LogP contribution < -0.4 is 0 Å². The molecule has 0 spiro atoms. The highest BCUT2D eigenvalue weighted by atomic mass is 19.2. The molecule has 1 rings (SSSR count). The molecule has 0 saturated carbocycles. The molecule has 1 fully saturated rings. The van der Waals surface area contributed by atoms with Gasteiger partial charge in [0.15, 0.2) is 0 Å². The summed E-state index contributed by atoms with van der Waals surface area (Å²) in [6.45, 7) is 4.20. The summed E-state index contributed by atoms with van der Waals surface area (Å²) >= 11 is 0. The van der Waals surface area contributed by atoms with Gasteiger partial charge in [-0.05, 0) is 12.8 Å². The monoisotopic (exact) mass is 174 g/mol. The van der Waals surface area contributed by atoms with Gasteiger partial charge in [0, 0.05) is 6.42 Å². The van der Waals surface area contributed by atoms with E-state index in [1.807, 2.05) is 0 Å². The standard InChI is InChI=1S/C10H19FO/c1-3-5-7-9-10(11,12-9)8-6-4-2/h9H,3-8H2,1-2H3/t9-,10-/m1/s1. The number of unbranched alkanes of at least 4 members (excludes halogenated alkanes) is 2. The Kier molecular flexibility index (Phi) is 3.51. The van der Waals surface area contributed by atoms with E-state index in [2.05, 4.69) is 13.8 Å². The van der Waals surface area contributed by atoms with Crippen molar-refractivity contribution in [3.63, 3.8) is 0 Å². The third-order valence-corrected chi connectivity index (χ3v) is 2.45. The molecule has 0 aromatic carbocycles. The van der Waals surface area contributed by atoms with Gasteiger partial charge < -0.3 is 4.74 Å². The Morgan fingerprint density at radius 3 is 2.50 bits per heavy atom. The van der Waals surface area contributed by atoms with Crippen molar-refractivity contribution in [2.45, 2.75) is 64.3 Å². The van der Waals surface area contributed by atoms with Gasteiger partial charge in [-0.15, -0.1) is 0 Å². The average molecular weight is 174 g/mol. The lowest BCUT2D eigenvalue weighted by atomic mass is 10.1. The topological polar surface area (TPSA) is 12.5 Å². The first-order valence-electron chi connectivity index (χ1n) is 5.09. The molecular formula is C10H19FO. The summed E-state index contributed by atoms with van der Waals surface area (Å²) in [7, 11) is 0. The molecule has 12 heavy (non-hydrogen) atoms. The van der Waals surface area contributed by atoms with Gasteiger partial charge in [0.05, 0.1) is 0 Å². The molecule has 0 aliphatic carbocycles.